The van der Waals surface area contributed by atoms with Gasteiger partial charge in [0.2, 0.25) is 13.6 Å². The molecule has 0 N–H and O–H groups in total. The number of amides is 1. The van der Waals surface area contributed by atoms with Crippen molar-refractivity contribution in [3.8, 4) is 23.0 Å². The van der Waals surface area contributed by atoms with Crippen LogP contribution in [0.3, 0.4) is 0 Å². The maximum absolute atomic E-state index is 13.5. The van der Waals surface area contributed by atoms with E-state index in [-0.39, 0.29) is 12.7 Å². The molecule has 0 unspecified atom stereocenters. The molecule has 2 aromatic carbocycles. The van der Waals surface area contributed by atoms with Crippen LogP contribution in [-0.2, 0) is 29.1 Å². The van der Waals surface area contributed by atoms with Gasteiger partial charge in [-0.1, -0.05) is 17.7 Å². The Hall–Kier alpha value is -4.26. The molecule has 0 atom stereocenters. The Labute approximate surface area is 272 Å². The number of methoxy groups -OCH3 is 2. The minimum absolute atomic E-state index is 0.00974. The number of benzene rings is 2. The zero-order chi connectivity index (χ0) is 31.5. The van der Waals surface area contributed by atoms with Gasteiger partial charge in [-0.3, -0.25) is 14.6 Å². The summed E-state index contributed by atoms with van der Waals surface area (Å²) in [5.74, 6) is 4.85. The standard InChI is InChI=1S/C34H38N4O7S/c1-40-26-6-5-25(30(15-26)41-2)18-37(17-24-4-8-29-32(14-24)45-22-43-29)19-33-35-27(20-46-33)34(39)38-11-9-36(10-12-38)16-23-3-7-28-31(13-23)44-21-42-28/h4-6,8,13-15,20H,3,7,9-12,16-19,21-22H2,1-2H3. The molecule has 0 bridgehead atoms. The lowest BCUT2D eigenvalue weighted by atomic mass is 10.0. The highest BCUT2D eigenvalue weighted by molar-refractivity contribution is 7.09. The van der Waals surface area contributed by atoms with Crippen molar-refractivity contribution in [2.75, 3.05) is 60.5 Å². The summed E-state index contributed by atoms with van der Waals surface area (Å²) in [7, 11) is 3.31. The number of hydrogen-bond donors (Lipinski definition) is 0. The van der Waals surface area contributed by atoms with E-state index in [2.05, 4.69) is 21.9 Å². The molecular formula is C34H38N4O7S. The molecule has 11 nitrogen and oxygen atoms in total. The Morgan fingerprint density at radius 3 is 2.61 bits per heavy atom. The monoisotopic (exact) mass is 646 g/mol. The summed E-state index contributed by atoms with van der Waals surface area (Å²) in [4.78, 5) is 24.9. The second-order valence-corrected chi connectivity index (χ2v) is 12.6. The molecule has 1 amide bonds. The number of fused-ring (bicyclic) bond motifs is 1. The van der Waals surface area contributed by atoms with Gasteiger partial charge in [-0.15, -0.1) is 11.3 Å². The third kappa shape index (κ3) is 6.79. The third-order valence-corrected chi connectivity index (χ3v) is 9.51. The topological polar surface area (TPSA) is 95.1 Å². The van der Waals surface area contributed by atoms with E-state index >= 15 is 0 Å². The van der Waals surface area contributed by atoms with Crippen molar-refractivity contribution in [2.24, 2.45) is 0 Å². The molecule has 3 aliphatic heterocycles. The van der Waals surface area contributed by atoms with E-state index in [9.17, 15) is 4.79 Å². The van der Waals surface area contributed by atoms with Crippen molar-refractivity contribution < 1.29 is 33.2 Å². The number of ether oxygens (including phenoxy) is 6. The predicted octanol–water partition coefficient (Wildman–Crippen LogP) is 4.79. The van der Waals surface area contributed by atoms with E-state index in [0.29, 0.717) is 45.2 Å². The summed E-state index contributed by atoms with van der Waals surface area (Å²) in [6.45, 7) is 6.29. The van der Waals surface area contributed by atoms with Crippen molar-refractivity contribution in [3.63, 3.8) is 0 Å². The lowest BCUT2D eigenvalue weighted by molar-refractivity contribution is 0.0641. The Morgan fingerprint density at radius 1 is 0.913 bits per heavy atom. The largest absolute Gasteiger partial charge is 0.497 e. The lowest BCUT2D eigenvalue weighted by Crippen LogP contribution is -2.49. The number of aromatic nitrogens is 1. The maximum Gasteiger partial charge on any atom is 0.273 e. The summed E-state index contributed by atoms with van der Waals surface area (Å²) >= 11 is 1.52. The van der Waals surface area contributed by atoms with Gasteiger partial charge in [0.25, 0.3) is 5.91 Å². The summed E-state index contributed by atoms with van der Waals surface area (Å²) in [5.41, 5.74) is 3.98. The molecule has 12 heteroatoms. The Kier molecular flexibility index (Phi) is 9.00. The number of hydrogen-bond acceptors (Lipinski definition) is 11. The molecule has 3 aromatic rings. The minimum Gasteiger partial charge on any atom is -0.497 e. The molecule has 1 saturated heterocycles. The van der Waals surface area contributed by atoms with Crippen LogP contribution < -0.4 is 18.9 Å². The van der Waals surface area contributed by atoms with E-state index in [0.717, 1.165) is 83.1 Å². The first-order chi connectivity index (χ1) is 22.5. The van der Waals surface area contributed by atoms with Crippen molar-refractivity contribution in [2.45, 2.75) is 32.5 Å². The Balaban J connectivity index is 1.000. The zero-order valence-corrected chi connectivity index (χ0v) is 27.0. The Morgan fingerprint density at radius 2 is 1.76 bits per heavy atom. The van der Waals surface area contributed by atoms with Crippen LogP contribution in [0.5, 0.6) is 23.0 Å². The number of thiazole rings is 1. The summed E-state index contributed by atoms with van der Waals surface area (Å²) < 4.78 is 33.3. The van der Waals surface area contributed by atoms with Crippen molar-refractivity contribution in [3.05, 3.63) is 86.8 Å². The van der Waals surface area contributed by atoms with Gasteiger partial charge in [-0.05, 0) is 36.3 Å². The van der Waals surface area contributed by atoms with Crippen LogP contribution in [0.4, 0.5) is 0 Å². The quantitative estimate of drug-likeness (QED) is 0.290. The first-order valence-electron chi connectivity index (χ1n) is 15.5. The van der Waals surface area contributed by atoms with Crippen LogP contribution in [0.25, 0.3) is 0 Å². The minimum atomic E-state index is -0.00974. The second kappa shape index (κ2) is 13.6. The lowest BCUT2D eigenvalue weighted by Gasteiger charge is -2.35. The number of nitrogens with zero attached hydrogens (tertiary/aromatic N) is 4. The van der Waals surface area contributed by atoms with E-state index in [4.69, 9.17) is 33.4 Å². The van der Waals surface area contributed by atoms with Gasteiger partial charge in [0.05, 0.1) is 20.8 Å². The summed E-state index contributed by atoms with van der Waals surface area (Å²) in [6.07, 6.45) is 4.01. The number of piperazine rings is 1. The molecule has 1 aliphatic carbocycles. The number of allylic oxidation sites excluding steroid dienone is 2. The predicted molar refractivity (Wildman–Crippen MR) is 171 cm³/mol. The number of rotatable bonds is 11. The fraction of sp³-hybridized carbons (Fsp3) is 0.412. The van der Waals surface area contributed by atoms with E-state index in [1.807, 2.05) is 40.6 Å². The van der Waals surface area contributed by atoms with Crippen LogP contribution >= 0.6 is 11.3 Å². The number of carbonyl (C=O) groups excluding carboxylic acids is 1. The molecule has 4 heterocycles. The van der Waals surface area contributed by atoms with Crippen LogP contribution in [0, 0.1) is 0 Å². The molecule has 4 aliphatic rings. The van der Waals surface area contributed by atoms with Gasteiger partial charge in [0.15, 0.2) is 17.3 Å². The van der Waals surface area contributed by atoms with Crippen molar-refractivity contribution in [1.29, 1.82) is 0 Å². The van der Waals surface area contributed by atoms with Gasteiger partial charge >= 0.3 is 0 Å². The van der Waals surface area contributed by atoms with Crippen molar-refractivity contribution in [1.82, 2.24) is 19.7 Å². The van der Waals surface area contributed by atoms with Crippen LogP contribution in [0.2, 0.25) is 0 Å². The first kappa shape index (κ1) is 30.4. The normalized spacial score (nSPS) is 17.5. The molecule has 0 spiro atoms. The van der Waals surface area contributed by atoms with Crippen LogP contribution in [0.15, 0.2) is 64.9 Å². The molecule has 7 rings (SSSR count). The highest BCUT2D eigenvalue weighted by atomic mass is 32.1. The second-order valence-electron chi connectivity index (χ2n) is 11.7. The summed E-state index contributed by atoms with van der Waals surface area (Å²) in [5, 5.41) is 2.77. The van der Waals surface area contributed by atoms with Crippen LogP contribution in [0.1, 0.15) is 39.5 Å². The van der Waals surface area contributed by atoms with Gasteiger partial charge in [-0.25, -0.2) is 4.98 Å². The van der Waals surface area contributed by atoms with Crippen molar-refractivity contribution >= 4 is 17.2 Å². The van der Waals surface area contributed by atoms with E-state index in [1.54, 1.807) is 14.2 Å². The van der Waals surface area contributed by atoms with Gasteiger partial charge in [0, 0.05) is 69.2 Å². The average molecular weight is 647 g/mol. The highest BCUT2D eigenvalue weighted by Crippen LogP contribution is 2.34. The average Bonchev–Trinajstić information content (AvgIpc) is 3.86. The van der Waals surface area contributed by atoms with E-state index in [1.165, 1.54) is 16.9 Å². The number of carbonyl (C=O) groups is 1. The molecule has 46 heavy (non-hydrogen) atoms. The first-order valence-corrected chi connectivity index (χ1v) is 16.4. The van der Waals surface area contributed by atoms with Gasteiger partial charge in [0.1, 0.15) is 28.0 Å². The fourth-order valence-electron chi connectivity index (χ4n) is 6.21. The SMILES string of the molecule is COc1ccc(CN(Cc2ccc3c(c2)OCO3)Cc2nc(C(=O)N3CCN(CC4=CC5=C(CC4)OCO5)CC3)cs2)c(OC)c1. The smallest absolute Gasteiger partial charge is 0.273 e. The zero-order valence-electron chi connectivity index (χ0n) is 26.2. The molecule has 1 fully saturated rings. The highest BCUT2D eigenvalue weighted by Gasteiger charge is 2.27. The fourth-order valence-corrected chi connectivity index (χ4v) is 7.02. The Bertz CT molecular complexity index is 1650. The molecular weight excluding hydrogens is 608 g/mol. The molecule has 0 saturated carbocycles. The van der Waals surface area contributed by atoms with Gasteiger partial charge < -0.3 is 33.3 Å². The molecule has 1 aromatic heterocycles. The maximum atomic E-state index is 13.5. The van der Waals surface area contributed by atoms with Crippen LogP contribution in [-0.4, -0.2) is 86.1 Å². The molecule has 242 valence electrons. The van der Waals surface area contributed by atoms with E-state index < -0.39 is 0 Å². The molecule has 0 radical (unpaired) electrons. The third-order valence-electron chi connectivity index (χ3n) is 8.68. The van der Waals surface area contributed by atoms with Gasteiger partial charge in [-0.2, -0.15) is 0 Å². The summed E-state index contributed by atoms with van der Waals surface area (Å²) in [6, 6.07) is 11.9.